The molecule has 2 aromatic rings. The predicted molar refractivity (Wildman–Crippen MR) is 78.9 cm³/mol. The van der Waals surface area contributed by atoms with Crippen LogP contribution in [0.5, 0.6) is 0 Å². The molecule has 0 aliphatic heterocycles. The Bertz CT molecular complexity index is 555. The first-order valence-corrected chi connectivity index (χ1v) is 7.43. The molecule has 1 nitrogen and oxygen atoms in total. The Balaban J connectivity index is 2.01. The third-order valence-corrected chi connectivity index (χ3v) is 3.84. The summed E-state index contributed by atoms with van der Waals surface area (Å²) in [5.41, 5.74) is 1.18. The molecule has 0 saturated heterocycles. The lowest BCUT2D eigenvalue weighted by molar-refractivity contribution is 0.577. The number of rotatable bonds is 6. The van der Waals surface area contributed by atoms with Gasteiger partial charge in [-0.15, -0.1) is 0 Å². The number of benzene rings is 2. The van der Waals surface area contributed by atoms with Crippen LogP contribution in [0.1, 0.15) is 18.9 Å². The van der Waals surface area contributed by atoms with Gasteiger partial charge in [0.15, 0.2) is 0 Å². The van der Waals surface area contributed by atoms with Crippen molar-refractivity contribution in [1.82, 2.24) is 5.32 Å². The third-order valence-electron chi connectivity index (χ3n) is 2.80. The predicted octanol–water partition coefficient (Wildman–Crippen LogP) is 4.62. The highest BCUT2D eigenvalue weighted by Crippen LogP contribution is 2.30. The summed E-state index contributed by atoms with van der Waals surface area (Å²) >= 11 is 1.23. The van der Waals surface area contributed by atoms with Crippen molar-refractivity contribution in [3.8, 4) is 0 Å². The molecule has 0 fully saturated rings. The molecule has 0 aliphatic carbocycles. The lowest BCUT2D eigenvalue weighted by Gasteiger charge is -2.06. The van der Waals surface area contributed by atoms with Crippen LogP contribution >= 0.6 is 11.8 Å². The number of halogens is 2. The first-order valence-electron chi connectivity index (χ1n) is 6.61. The van der Waals surface area contributed by atoms with Crippen molar-refractivity contribution < 1.29 is 8.78 Å². The van der Waals surface area contributed by atoms with Crippen LogP contribution in [0.2, 0.25) is 0 Å². The van der Waals surface area contributed by atoms with Crippen molar-refractivity contribution in [3.05, 3.63) is 59.7 Å². The molecular weight excluding hydrogens is 276 g/mol. The van der Waals surface area contributed by atoms with E-state index in [1.807, 2.05) is 24.3 Å². The van der Waals surface area contributed by atoms with Gasteiger partial charge in [0.1, 0.15) is 11.6 Å². The van der Waals surface area contributed by atoms with Crippen LogP contribution in [0.4, 0.5) is 8.78 Å². The van der Waals surface area contributed by atoms with Crippen LogP contribution < -0.4 is 5.32 Å². The van der Waals surface area contributed by atoms with Gasteiger partial charge >= 0.3 is 0 Å². The van der Waals surface area contributed by atoms with E-state index < -0.39 is 11.6 Å². The SMILES string of the molecule is CCCNCc1ccc(Sc2cc(F)ccc2F)cc1. The normalized spacial score (nSPS) is 10.8. The number of nitrogens with one attached hydrogen (secondary N) is 1. The van der Waals surface area contributed by atoms with Gasteiger partial charge in [0, 0.05) is 11.4 Å². The number of hydrogen-bond acceptors (Lipinski definition) is 2. The fourth-order valence-corrected chi connectivity index (χ4v) is 2.63. The summed E-state index contributed by atoms with van der Waals surface area (Å²) in [6.45, 7) is 3.94. The van der Waals surface area contributed by atoms with Gasteiger partial charge in [-0.25, -0.2) is 8.78 Å². The van der Waals surface area contributed by atoms with E-state index in [4.69, 9.17) is 0 Å². The highest BCUT2D eigenvalue weighted by molar-refractivity contribution is 7.99. The summed E-state index contributed by atoms with van der Waals surface area (Å²) in [4.78, 5) is 1.20. The molecule has 0 unspecified atom stereocenters. The van der Waals surface area contributed by atoms with Crippen molar-refractivity contribution in [3.63, 3.8) is 0 Å². The van der Waals surface area contributed by atoms with Crippen molar-refractivity contribution in [2.45, 2.75) is 29.7 Å². The molecule has 0 heterocycles. The van der Waals surface area contributed by atoms with Crippen LogP contribution in [0.15, 0.2) is 52.3 Å². The summed E-state index contributed by atoms with van der Waals surface area (Å²) in [7, 11) is 0. The molecule has 20 heavy (non-hydrogen) atoms. The van der Waals surface area contributed by atoms with Crippen LogP contribution in [0, 0.1) is 11.6 Å². The van der Waals surface area contributed by atoms with Crippen LogP contribution in [0.25, 0.3) is 0 Å². The molecule has 0 spiro atoms. The van der Waals surface area contributed by atoms with E-state index in [0.29, 0.717) is 4.90 Å². The van der Waals surface area contributed by atoms with Crippen molar-refractivity contribution in [2.24, 2.45) is 0 Å². The Morgan fingerprint density at radius 1 is 1.05 bits per heavy atom. The van der Waals surface area contributed by atoms with Gasteiger partial charge in [-0.05, 0) is 48.9 Å². The molecule has 0 aromatic heterocycles. The molecule has 0 bridgehead atoms. The molecule has 106 valence electrons. The fourth-order valence-electron chi connectivity index (χ4n) is 1.77. The highest BCUT2D eigenvalue weighted by Gasteiger charge is 2.06. The molecule has 0 aliphatic rings. The molecule has 0 amide bonds. The van der Waals surface area contributed by atoms with Gasteiger partial charge in [-0.1, -0.05) is 30.8 Å². The van der Waals surface area contributed by atoms with Gasteiger partial charge in [0.05, 0.1) is 4.90 Å². The minimum absolute atomic E-state index is 0.307. The zero-order valence-electron chi connectivity index (χ0n) is 11.3. The summed E-state index contributed by atoms with van der Waals surface area (Å²) in [5, 5.41) is 3.32. The van der Waals surface area contributed by atoms with Crippen LogP contribution in [0.3, 0.4) is 0 Å². The zero-order valence-corrected chi connectivity index (χ0v) is 12.1. The maximum atomic E-state index is 13.5. The first kappa shape index (κ1) is 15.0. The fraction of sp³-hybridized carbons (Fsp3) is 0.250. The molecule has 0 atom stereocenters. The highest BCUT2D eigenvalue weighted by atomic mass is 32.2. The quantitative estimate of drug-likeness (QED) is 0.780. The maximum Gasteiger partial charge on any atom is 0.137 e. The molecule has 4 heteroatoms. The average Bonchev–Trinajstić information content (AvgIpc) is 2.45. The lowest BCUT2D eigenvalue weighted by atomic mass is 10.2. The summed E-state index contributed by atoms with van der Waals surface area (Å²) < 4.78 is 26.6. The molecule has 1 N–H and O–H groups in total. The zero-order chi connectivity index (χ0) is 14.4. The Kier molecular flexibility index (Phi) is 5.56. The lowest BCUT2D eigenvalue weighted by Crippen LogP contribution is -2.13. The maximum absolute atomic E-state index is 13.5. The van der Waals surface area contributed by atoms with E-state index in [2.05, 4.69) is 12.2 Å². The second-order valence-corrected chi connectivity index (χ2v) is 5.61. The monoisotopic (exact) mass is 293 g/mol. The number of hydrogen-bond donors (Lipinski definition) is 1. The largest absolute Gasteiger partial charge is 0.313 e. The molecule has 0 saturated carbocycles. The summed E-state index contributed by atoms with van der Waals surface area (Å²) in [6, 6.07) is 11.4. The van der Waals surface area contributed by atoms with E-state index in [0.717, 1.165) is 36.5 Å². The Morgan fingerprint density at radius 3 is 2.50 bits per heavy atom. The molecule has 2 rings (SSSR count). The van der Waals surface area contributed by atoms with E-state index in [-0.39, 0.29) is 0 Å². The third kappa shape index (κ3) is 4.32. The van der Waals surface area contributed by atoms with E-state index >= 15 is 0 Å². The average molecular weight is 293 g/mol. The van der Waals surface area contributed by atoms with Crippen molar-refractivity contribution in [1.29, 1.82) is 0 Å². The van der Waals surface area contributed by atoms with Crippen LogP contribution in [-0.2, 0) is 6.54 Å². The second kappa shape index (κ2) is 7.41. The van der Waals surface area contributed by atoms with Gasteiger partial charge < -0.3 is 5.32 Å². The second-order valence-electron chi connectivity index (χ2n) is 4.50. The van der Waals surface area contributed by atoms with Crippen molar-refractivity contribution in [2.75, 3.05) is 6.54 Å². The van der Waals surface area contributed by atoms with Gasteiger partial charge in [-0.3, -0.25) is 0 Å². The van der Waals surface area contributed by atoms with Gasteiger partial charge in [0.25, 0.3) is 0 Å². The van der Waals surface area contributed by atoms with Gasteiger partial charge in [0.2, 0.25) is 0 Å². The molecule has 2 aromatic carbocycles. The van der Waals surface area contributed by atoms with Crippen molar-refractivity contribution >= 4 is 11.8 Å². The minimum Gasteiger partial charge on any atom is -0.313 e. The minimum atomic E-state index is -0.422. The Morgan fingerprint density at radius 2 is 1.80 bits per heavy atom. The Labute approximate surface area is 122 Å². The topological polar surface area (TPSA) is 12.0 Å². The van der Waals surface area contributed by atoms with E-state index in [9.17, 15) is 8.78 Å². The molecular formula is C16H17F2NS. The van der Waals surface area contributed by atoms with Crippen LogP contribution in [-0.4, -0.2) is 6.54 Å². The summed E-state index contributed by atoms with van der Waals surface area (Å²) in [5.74, 6) is -0.820. The smallest absolute Gasteiger partial charge is 0.137 e. The van der Waals surface area contributed by atoms with E-state index in [1.54, 1.807) is 0 Å². The Hall–Kier alpha value is -1.39. The summed E-state index contributed by atoms with van der Waals surface area (Å²) in [6.07, 6.45) is 1.10. The van der Waals surface area contributed by atoms with E-state index in [1.165, 1.54) is 23.4 Å². The van der Waals surface area contributed by atoms with Gasteiger partial charge in [-0.2, -0.15) is 0 Å². The first-order chi connectivity index (χ1) is 9.69. The standard InChI is InChI=1S/C16H17F2NS/c1-2-9-19-11-12-3-6-14(7-4-12)20-16-10-13(17)5-8-15(16)18/h3-8,10,19H,2,9,11H2,1H3. The molecule has 0 radical (unpaired) electrons.